The van der Waals surface area contributed by atoms with Crippen LogP contribution in [0.4, 0.5) is 22.4 Å². The smallest absolute Gasteiger partial charge is 0.410 e. The first-order valence-corrected chi connectivity index (χ1v) is 17.7. The molecule has 2 aromatic carbocycles. The molecule has 1 aliphatic rings. The summed E-state index contributed by atoms with van der Waals surface area (Å²) in [5.74, 6) is -0.833. The van der Waals surface area contributed by atoms with Crippen molar-refractivity contribution in [3.05, 3.63) is 102 Å². The van der Waals surface area contributed by atoms with E-state index in [0.717, 1.165) is 12.8 Å². The number of likely N-dealkylation sites (N-methyl/N-ethyl adjacent to an activating group) is 1. The van der Waals surface area contributed by atoms with Gasteiger partial charge >= 0.3 is 12.3 Å². The molecule has 5 rings (SSSR count). The Morgan fingerprint density at radius 1 is 1.00 bits per heavy atom. The van der Waals surface area contributed by atoms with Crippen LogP contribution < -0.4 is 4.74 Å². The second-order valence-corrected chi connectivity index (χ2v) is 14.1. The van der Waals surface area contributed by atoms with Gasteiger partial charge in [0.2, 0.25) is 17.7 Å². The fourth-order valence-corrected chi connectivity index (χ4v) is 5.97. The monoisotopic (exact) mass is 751 g/mol. The Kier molecular flexibility index (Phi) is 12.8. The number of aromatic nitrogens is 3. The molecule has 0 N–H and O–H groups in total. The molecule has 2 aromatic heterocycles. The van der Waals surface area contributed by atoms with Crippen LogP contribution in [0.5, 0.6) is 5.88 Å². The van der Waals surface area contributed by atoms with Gasteiger partial charge in [0.15, 0.2) is 6.23 Å². The maximum Gasteiger partial charge on any atom is 0.410 e. The van der Waals surface area contributed by atoms with E-state index in [1.807, 2.05) is 0 Å². The molecule has 3 heterocycles. The van der Waals surface area contributed by atoms with E-state index in [0.29, 0.717) is 35.2 Å². The van der Waals surface area contributed by atoms with Gasteiger partial charge in [-0.3, -0.25) is 4.79 Å². The Labute approximate surface area is 312 Å². The minimum atomic E-state index is -4.57. The number of halogens is 4. The van der Waals surface area contributed by atoms with Gasteiger partial charge in [0.1, 0.15) is 12.2 Å². The van der Waals surface area contributed by atoms with Crippen LogP contribution in [-0.2, 0) is 14.3 Å². The lowest BCUT2D eigenvalue weighted by atomic mass is 9.88. The standard InChI is InChI=1S/C40H45F4N5O5/c1-39(2,3)54-38(51)48(20-11-14-34(50)47(4)5)21-23-52-33-19-17-29(26-45-33)36(31(25-40(42,43)44)27-12-7-6-8-13-27)28-16-18-32-30(24-28)37(41)46-49(32)35-15-9-10-22-53-35/h6-8,11-14,16-19,24,26,35H,9-10,15,20-23,25H2,1-5H3/b14-11+,36-31-. The number of nitrogens with zero attached hydrogens (tertiary/aromatic N) is 5. The molecule has 1 saturated heterocycles. The topological polar surface area (TPSA) is 99.0 Å². The quantitative estimate of drug-likeness (QED) is 0.0814. The molecular weight excluding hydrogens is 706 g/mol. The lowest BCUT2D eigenvalue weighted by molar-refractivity contribution is -0.124. The molecule has 0 aliphatic carbocycles. The second-order valence-electron chi connectivity index (χ2n) is 14.1. The van der Waals surface area contributed by atoms with Crippen LogP contribution in [0.1, 0.15) is 69.4 Å². The van der Waals surface area contributed by atoms with Gasteiger partial charge < -0.3 is 24.0 Å². The first-order valence-electron chi connectivity index (χ1n) is 17.7. The number of carbonyl (C=O) groups is 2. The predicted molar refractivity (Wildman–Crippen MR) is 197 cm³/mol. The number of allylic oxidation sites excluding steroid dienone is 1. The van der Waals surface area contributed by atoms with Crippen LogP contribution in [0.3, 0.4) is 0 Å². The van der Waals surface area contributed by atoms with Crippen molar-refractivity contribution in [2.24, 2.45) is 0 Å². The molecule has 0 radical (unpaired) electrons. The third kappa shape index (κ3) is 10.7. The number of alkyl halides is 3. The van der Waals surface area contributed by atoms with Crippen molar-refractivity contribution in [2.75, 3.05) is 40.4 Å². The number of benzene rings is 2. The molecular formula is C40H45F4N5O5. The van der Waals surface area contributed by atoms with Crippen molar-refractivity contribution in [1.82, 2.24) is 24.6 Å². The number of rotatable bonds is 12. The van der Waals surface area contributed by atoms with E-state index in [4.69, 9.17) is 14.2 Å². The lowest BCUT2D eigenvalue weighted by Gasteiger charge is -2.26. The average molecular weight is 752 g/mol. The number of amides is 2. The van der Waals surface area contributed by atoms with Crippen molar-refractivity contribution >= 4 is 34.0 Å². The highest BCUT2D eigenvalue weighted by atomic mass is 19.4. The van der Waals surface area contributed by atoms with Crippen LogP contribution in [-0.4, -0.2) is 88.7 Å². The predicted octanol–water partition coefficient (Wildman–Crippen LogP) is 8.44. The zero-order valence-electron chi connectivity index (χ0n) is 31.0. The number of hydrogen-bond donors (Lipinski definition) is 0. The summed E-state index contributed by atoms with van der Waals surface area (Å²) in [6.07, 6.45) is -0.0730. The lowest BCUT2D eigenvalue weighted by Crippen LogP contribution is -2.39. The summed E-state index contributed by atoms with van der Waals surface area (Å²) in [6.45, 7) is 5.91. The van der Waals surface area contributed by atoms with Crippen molar-refractivity contribution in [2.45, 2.75) is 64.5 Å². The first kappa shape index (κ1) is 40.0. The van der Waals surface area contributed by atoms with E-state index < -0.39 is 36.5 Å². The van der Waals surface area contributed by atoms with Crippen molar-refractivity contribution in [3.63, 3.8) is 0 Å². The van der Waals surface area contributed by atoms with E-state index in [-0.39, 0.29) is 48.0 Å². The van der Waals surface area contributed by atoms with E-state index in [9.17, 15) is 22.8 Å². The van der Waals surface area contributed by atoms with Crippen LogP contribution in [0.2, 0.25) is 0 Å². The molecule has 0 spiro atoms. The molecule has 0 bridgehead atoms. The molecule has 288 valence electrons. The van der Waals surface area contributed by atoms with Crippen LogP contribution in [0, 0.1) is 5.95 Å². The highest BCUT2D eigenvalue weighted by molar-refractivity contribution is 6.00. The summed E-state index contributed by atoms with van der Waals surface area (Å²) in [5, 5.41) is 4.26. The SMILES string of the molecule is CN(C)C(=O)/C=C/CN(CCOc1ccc(/C(=C(/CC(F)(F)F)c2ccccc2)c2ccc3c(c2)c(F)nn3C2CCCCO2)cn1)C(=O)OC(C)(C)C. The summed E-state index contributed by atoms with van der Waals surface area (Å²) in [5.41, 5.74) is 0.957. The van der Waals surface area contributed by atoms with Gasteiger partial charge in [-0.25, -0.2) is 14.5 Å². The van der Waals surface area contributed by atoms with Gasteiger partial charge in [-0.2, -0.15) is 17.6 Å². The van der Waals surface area contributed by atoms with E-state index >= 15 is 4.39 Å². The van der Waals surface area contributed by atoms with E-state index in [1.54, 1.807) is 89.5 Å². The highest BCUT2D eigenvalue weighted by Crippen LogP contribution is 2.40. The Balaban J connectivity index is 1.46. The molecule has 1 unspecified atom stereocenters. The van der Waals surface area contributed by atoms with Gasteiger partial charge in [-0.05, 0) is 80.5 Å². The second kappa shape index (κ2) is 17.3. The Morgan fingerprint density at radius 2 is 1.74 bits per heavy atom. The minimum Gasteiger partial charge on any atom is -0.476 e. The molecule has 1 aliphatic heterocycles. The van der Waals surface area contributed by atoms with Gasteiger partial charge in [-0.15, -0.1) is 5.10 Å². The van der Waals surface area contributed by atoms with Crippen LogP contribution in [0.25, 0.3) is 22.0 Å². The summed E-state index contributed by atoms with van der Waals surface area (Å²) in [4.78, 5) is 32.1. The number of pyridine rings is 1. The Morgan fingerprint density at radius 3 is 2.37 bits per heavy atom. The fraction of sp³-hybridized carbons (Fsp3) is 0.400. The third-order valence-corrected chi connectivity index (χ3v) is 8.49. The number of carbonyl (C=O) groups excluding carboxylic acids is 2. The van der Waals surface area contributed by atoms with Crippen LogP contribution in [0.15, 0.2) is 79.0 Å². The summed E-state index contributed by atoms with van der Waals surface area (Å²) in [7, 11) is 3.23. The molecule has 14 heteroatoms. The zero-order valence-corrected chi connectivity index (χ0v) is 31.0. The number of hydrogen-bond acceptors (Lipinski definition) is 7. The average Bonchev–Trinajstić information content (AvgIpc) is 3.46. The maximum absolute atomic E-state index is 15.4. The van der Waals surface area contributed by atoms with E-state index in [2.05, 4.69) is 10.1 Å². The maximum atomic E-state index is 15.4. The van der Waals surface area contributed by atoms with Gasteiger partial charge in [0.25, 0.3) is 0 Å². The molecule has 4 aromatic rings. The minimum absolute atomic E-state index is 0.00225. The largest absolute Gasteiger partial charge is 0.476 e. The Hall–Kier alpha value is -5.24. The normalized spacial score (nSPS) is 15.6. The molecule has 0 saturated carbocycles. The summed E-state index contributed by atoms with van der Waals surface area (Å²) in [6, 6.07) is 16.2. The van der Waals surface area contributed by atoms with Crippen molar-refractivity contribution in [3.8, 4) is 5.88 Å². The third-order valence-electron chi connectivity index (χ3n) is 8.49. The fourth-order valence-electron chi connectivity index (χ4n) is 5.97. The number of ether oxygens (including phenoxy) is 3. The molecule has 10 nitrogen and oxygen atoms in total. The molecule has 54 heavy (non-hydrogen) atoms. The summed E-state index contributed by atoms with van der Waals surface area (Å²) >= 11 is 0. The Bertz CT molecular complexity index is 1960. The van der Waals surface area contributed by atoms with Crippen LogP contribution >= 0.6 is 0 Å². The molecule has 2 amide bonds. The first-order chi connectivity index (χ1) is 25.6. The highest BCUT2D eigenvalue weighted by Gasteiger charge is 2.32. The van der Waals surface area contributed by atoms with Crippen molar-refractivity contribution in [1.29, 1.82) is 0 Å². The molecule has 1 atom stereocenters. The zero-order chi connectivity index (χ0) is 39.0. The van der Waals surface area contributed by atoms with Gasteiger partial charge in [-0.1, -0.05) is 42.5 Å². The summed E-state index contributed by atoms with van der Waals surface area (Å²) < 4.78 is 76.9. The molecule has 1 fully saturated rings. The van der Waals surface area contributed by atoms with Gasteiger partial charge in [0, 0.05) is 51.1 Å². The number of fused-ring (bicyclic) bond motifs is 1. The van der Waals surface area contributed by atoms with Crippen molar-refractivity contribution < 1.29 is 41.4 Å². The van der Waals surface area contributed by atoms with Gasteiger partial charge in [0.05, 0.1) is 23.9 Å². The van der Waals surface area contributed by atoms with E-state index in [1.165, 1.54) is 38.9 Å².